The van der Waals surface area contributed by atoms with Crippen LogP contribution in [0.3, 0.4) is 0 Å². The number of piperidine rings is 1. The number of rotatable bonds is 5. The van der Waals surface area contributed by atoms with E-state index in [4.69, 9.17) is 23.2 Å². The second kappa shape index (κ2) is 6.85. The Hall–Kier alpha value is 0.01000. The first-order chi connectivity index (χ1) is 9.17. The van der Waals surface area contributed by atoms with Crippen LogP contribution in [0, 0.1) is 17.8 Å². The Morgan fingerprint density at radius 2 is 1.75 bits per heavy atom. The van der Waals surface area contributed by atoms with Crippen LogP contribution in [0.2, 0.25) is 10.0 Å². The van der Waals surface area contributed by atoms with Crippen molar-refractivity contribution in [3.8, 4) is 0 Å². The zero-order valence-electron chi connectivity index (χ0n) is 11.6. The lowest BCUT2D eigenvalue weighted by atomic mass is 10.2. The van der Waals surface area contributed by atoms with Crippen LogP contribution in [0.15, 0.2) is 18.2 Å². The molecular formula is C15H21Cl3N2. The van der Waals surface area contributed by atoms with E-state index in [0.717, 1.165) is 30.8 Å². The minimum Gasteiger partial charge on any atom is -0.312 e. The summed E-state index contributed by atoms with van der Waals surface area (Å²) in [4.78, 5) is 2.56. The molecule has 1 saturated carbocycles. The van der Waals surface area contributed by atoms with Gasteiger partial charge in [-0.2, -0.15) is 0 Å². The Labute approximate surface area is 137 Å². The van der Waals surface area contributed by atoms with Crippen molar-refractivity contribution in [3.63, 3.8) is 0 Å². The van der Waals surface area contributed by atoms with Gasteiger partial charge in [0.1, 0.15) is 0 Å². The van der Waals surface area contributed by atoms with Crippen LogP contribution in [-0.2, 0) is 6.54 Å². The Morgan fingerprint density at radius 3 is 2.30 bits per heavy atom. The third-order valence-corrected chi connectivity index (χ3v) is 4.96. The summed E-state index contributed by atoms with van der Waals surface area (Å²) in [5.41, 5.74) is 1.17. The molecule has 1 heterocycles. The largest absolute Gasteiger partial charge is 0.312 e. The van der Waals surface area contributed by atoms with E-state index < -0.39 is 0 Å². The predicted molar refractivity (Wildman–Crippen MR) is 88.0 cm³/mol. The highest BCUT2D eigenvalue weighted by Gasteiger charge is 2.54. The van der Waals surface area contributed by atoms with Crippen molar-refractivity contribution in [2.24, 2.45) is 17.8 Å². The molecule has 5 heteroatoms. The predicted octanol–water partition coefficient (Wildman–Crippen LogP) is 3.70. The van der Waals surface area contributed by atoms with Crippen LogP contribution in [0.4, 0.5) is 0 Å². The third-order valence-electron chi connectivity index (χ3n) is 4.53. The van der Waals surface area contributed by atoms with E-state index >= 15 is 0 Å². The molecule has 1 aromatic rings. The summed E-state index contributed by atoms with van der Waals surface area (Å²) < 4.78 is 0. The highest BCUT2D eigenvalue weighted by Crippen LogP contribution is 2.51. The lowest BCUT2D eigenvalue weighted by molar-refractivity contribution is 0.297. The molecule has 2 aliphatic rings. The molecule has 0 bridgehead atoms. The van der Waals surface area contributed by atoms with E-state index in [0.29, 0.717) is 10.0 Å². The van der Waals surface area contributed by atoms with Crippen LogP contribution < -0.4 is 5.32 Å². The number of nitrogens with one attached hydrogen (secondary N) is 1. The van der Waals surface area contributed by atoms with Crippen LogP contribution in [0.5, 0.6) is 0 Å². The van der Waals surface area contributed by atoms with Crippen molar-refractivity contribution in [3.05, 3.63) is 33.8 Å². The lowest BCUT2D eigenvalue weighted by Crippen LogP contribution is -2.27. The van der Waals surface area contributed by atoms with Crippen molar-refractivity contribution in [1.29, 1.82) is 0 Å². The van der Waals surface area contributed by atoms with Gasteiger partial charge < -0.3 is 10.2 Å². The standard InChI is InChI=1S/C15H20Cl2N2.ClH/c1-2-19-8-14-13(15(14)9-19)7-18-6-10-3-11(16)5-12(17)4-10;/h3-5,13-15,18H,2,6-9H2,1H3;1H. The zero-order valence-corrected chi connectivity index (χ0v) is 13.9. The molecule has 2 unspecified atom stereocenters. The van der Waals surface area contributed by atoms with E-state index in [-0.39, 0.29) is 12.4 Å². The summed E-state index contributed by atoms with van der Waals surface area (Å²) >= 11 is 12.0. The zero-order chi connectivity index (χ0) is 13.4. The molecule has 1 aromatic carbocycles. The number of likely N-dealkylation sites (tertiary alicyclic amines) is 1. The Bertz CT molecular complexity index is 434. The maximum atomic E-state index is 6.00. The van der Waals surface area contributed by atoms with Gasteiger partial charge in [-0.25, -0.2) is 0 Å². The lowest BCUT2D eigenvalue weighted by Gasteiger charge is -2.17. The second-order valence-corrected chi connectivity index (χ2v) is 6.63. The van der Waals surface area contributed by atoms with Gasteiger partial charge in [0.15, 0.2) is 0 Å². The van der Waals surface area contributed by atoms with Gasteiger partial charge in [0.2, 0.25) is 0 Å². The average Bonchev–Trinajstić information content (AvgIpc) is 2.83. The molecule has 1 N–H and O–H groups in total. The van der Waals surface area contributed by atoms with Gasteiger partial charge in [-0.3, -0.25) is 0 Å². The molecule has 1 aliphatic heterocycles. The number of benzene rings is 1. The third kappa shape index (κ3) is 3.61. The topological polar surface area (TPSA) is 15.3 Å². The van der Waals surface area contributed by atoms with Gasteiger partial charge in [-0.05, 0) is 54.6 Å². The molecule has 0 aromatic heterocycles. The molecule has 1 saturated heterocycles. The monoisotopic (exact) mass is 334 g/mol. The molecule has 112 valence electrons. The highest BCUT2D eigenvalue weighted by molar-refractivity contribution is 6.34. The second-order valence-electron chi connectivity index (χ2n) is 5.75. The Balaban J connectivity index is 0.00000147. The quantitative estimate of drug-likeness (QED) is 0.882. The van der Waals surface area contributed by atoms with E-state index in [9.17, 15) is 0 Å². The smallest absolute Gasteiger partial charge is 0.0424 e. The minimum atomic E-state index is 0. The molecule has 0 radical (unpaired) electrons. The SMILES string of the molecule is CCN1CC2C(CNCc3cc(Cl)cc(Cl)c3)C2C1.Cl. The molecule has 1 aliphatic carbocycles. The van der Waals surface area contributed by atoms with Gasteiger partial charge in [0, 0.05) is 29.7 Å². The van der Waals surface area contributed by atoms with Crippen LogP contribution in [0.1, 0.15) is 12.5 Å². The summed E-state index contributed by atoms with van der Waals surface area (Å²) in [6.45, 7) is 8.03. The van der Waals surface area contributed by atoms with Crippen LogP contribution >= 0.6 is 35.6 Å². The summed E-state index contributed by atoms with van der Waals surface area (Å²) in [6.07, 6.45) is 0. The van der Waals surface area contributed by atoms with Crippen LogP contribution in [-0.4, -0.2) is 31.1 Å². The summed E-state index contributed by atoms with van der Waals surface area (Å²) in [5.74, 6) is 2.77. The van der Waals surface area contributed by atoms with E-state index in [1.54, 1.807) is 6.07 Å². The van der Waals surface area contributed by atoms with Crippen LogP contribution in [0.25, 0.3) is 0 Å². The van der Waals surface area contributed by atoms with Crippen molar-refractivity contribution >= 4 is 35.6 Å². The molecule has 0 amide bonds. The number of hydrogen-bond donors (Lipinski definition) is 1. The van der Waals surface area contributed by atoms with E-state index in [2.05, 4.69) is 17.1 Å². The summed E-state index contributed by atoms with van der Waals surface area (Å²) in [5, 5.41) is 4.97. The fraction of sp³-hybridized carbons (Fsp3) is 0.600. The maximum Gasteiger partial charge on any atom is 0.0424 e. The fourth-order valence-electron chi connectivity index (χ4n) is 3.39. The van der Waals surface area contributed by atoms with E-state index in [1.165, 1.54) is 25.2 Å². The van der Waals surface area contributed by atoms with Crippen molar-refractivity contribution < 1.29 is 0 Å². The molecule has 2 fully saturated rings. The first-order valence-corrected chi connectivity index (χ1v) is 7.81. The van der Waals surface area contributed by atoms with Gasteiger partial charge >= 0.3 is 0 Å². The summed E-state index contributed by atoms with van der Waals surface area (Å²) in [7, 11) is 0. The van der Waals surface area contributed by atoms with Crippen molar-refractivity contribution in [1.82, 2.24) is 10.2 Å². The fourth-order valence-corrected chi connectivity index (χ4v) is 3.97. The van der Waals surface area contributed by atoms with Crippen molar-refractivity contribution in [2.75, 3.05) is 26.2 Å². The Morgan fingerprint density at radius 1 is 1.15 bits per heavy atom. The Kier molecular flexibility index (Phi) is 5.61. The number of nitrogens with zero attached hydrogens (tertiary/aromatic N) is 1. The molecule has 3 rings (SSSR count). The van der Waals surface area contributed by atoms with Gasteiger partial charge in [-0.15, -0.1) is 12.4 Å². The normalized spacial score (nSPS) is 28.1. The molecular weight excluding hydrogens is 315 g/mol. The van der Waals surface area contributed by atoms with Gasteiger partial charge in [0.05, 0.1) is 0 Å². The first-order valence-electron chi connectivity index (χ1n) is 7.05. The average molecular weight is 336 g/mol. The van der Waals surface area contributed by atoms with Crippen molar-refractivity contribution in [2.45, 2.75) is 13.5 Å². The summed E-state index contributed by atoms with van der Waals surface area (Å²) in [6, 6.07) is 5.73. The molecule has 0 spiro atoms. The highest BCUT2D eigenvalue weighted by atomic mass is 35.5. The minimum absolute atomic E-state index is 0. The molecule has 20 heavy (non-hydrogen) atoms. The molecule has 2 nitrogen and oxygen atoms in total. The van der Waals surface area contributed by atoms with E-state index in [1.807, 2.05) is 12.1 Å². The van der Waals surface area contributed by atoms with Gasteiger partial charge in [0.25, 0.3) is 0 Å². The van der Waals surface area contributed by atoms with Gasteiger partial charge in [-0.1, -0.05) is 30.1 Å². The first kappa shape index (κ1) is 16.4. The maximum absolute atomic E-state index is 6.00. The molecule has 2 atom stereocenters. The number of fused-ring (bicyclic) bond motifs is 1. The number of hydrogen-bond acceptors (Lipinski definition) is 2. The number of halogens is 3.